The van der Waals surface area contributed by atoms with E-state index in [1.165, 1.54) is 6.07 Å². The van der Waals surface area contributed by atoms with Crippen LogP contribution in [0.4, 0.5) is 18.9 Å². The minimum absolute atomic E-state index is 0.0580. The van der Waals surface area contributed by atoms with Gasteiger partial charge < -0.3 is 5.32 Å². The van der Waals surface area contributed by atoms with Gasteiger partial charge in [-0.15, -0.1) is 0 Å². The highest BCUT2D eigenvalue weighted by molar-refractivity contribution is 6.31. The predicted octanol–water partition coefficient (Wildman–Crippen LogP) is 5.48. The molecule has 0 aromatic heterocycles. The van der Waals surface area contributed by atoms with E-state index in [9.17, 15) is 18.0 Å². The van der Waals surface area contributed by atoms with Crippen molar-refractivity contribution in [3.05, 3.63) is 63.6 Å². The summed E-state index contributed by atoms with van der Waals surface area (Å²) in [6, 6.07) is 10.3. The quantitative estimate of drug-likeness (QED) is 0.692. The molecule has 0 spiro atoms. The SMILES string of the molecule is CC(C)(NCC(=O)Nc1ccc(Cl)cc1C(F)(F)F)c1ccc(Cl)cc1. The van der Waals surface area contributed by atoms with Gasteiger partial charge >= 0.3 is 6.18 Å². The van der Waals surface area contributed by atoms with Crippen molar-refractivity contribution in [3.8, 4) is 0 Å². The lowest BCUT2D eigenvalue weighted by molar-refractivity contribution is -0.137. The maximum Gasteiger partial charge on any atom is 0.418 e. The van der Waals surface area contributed by atoms with Gasteiger partial charge in [0.05, 0.1) is 17.8 Å². The van der Waals surface area contributed by atoms with E-state index >= 15 is 0 Å². The van der Waals surface area contributed by atoms with Crippen molar-refractivity contribution in [2.24, 2.45) is 0 Å². The molecule has 0 fully saturated rings. The molecule has 26 heavy (non-hydrogen) atoms. The molecule has 0 unspecified atom stereocenters. The molecule has 0 aliphatic heterocycles. The standard InChI is InChI=1S/C18H17Cl2F3N2O/c1-17(2,11-3-5-12(19)6-4-11)24-10-16(26)25-15-8-7-13(20)9-14(15)18(21,22)23/h3-9,24H,10H2,1-2H3,(H,25,26). The molecular weight excluding hydrogens is 388 g/mol. The van der Waals surface area contributed by atoms with Crippen LogP contribution in [0, 0.1) is 0 Å². The first-order valence-corrected chi connectivity index (χ1v) is 8.42. The van der Waals surface area contributed by atoms with Gasteiger partial charge in [-0.25, -0.2) is 0 Å². The second-order valence-electron chi connectivity index (χ2n) is 6.22. The van der Waals surface area contributed by atoms with Crippen LogP contribution in [0.25, 0.3) is 0 Å². The normalized spacial score (nSPS) is 12.1. The first kappa shape index (κ1) is 20.6. The van der Waals surface area contributed by atoms with Crippen molar-refractivity contribution in [2.75, 3.05) is 11.9 Å². The Bertz CT molecular complexity index is 790. The number of hydrogen-bond donors (Lipinski definition) is 2. The Morgan fingerprint density at radius 2 is 1.58 bits per heavy atom. The van der Waals surface area contributed by atoms with E-state index in [0.717, 1.165) is 17.7 Å². The van der Waals surface area contributed by atoms with Crippen LogP contribution in [0.3, 0.4) is 0 Å². The first-order chi connectivity index (χ1) is 12.0. The highest BCUT2D eigenvalue weighted by Gasteiger charge is 2.34. The summed E-state index contributed by atoms with van der Waals surface area (Å²) in [5.41, 5.74) is -1.01. The smallest absolute Gasteiger partial charge is 0.324 e. The molecule has 0 radical (unpaired) electrons. The van der Waals surface area contributed by atoms with E-state index in [-0.39, 0.29) is 17.3 Å². The van der Waals surface area contributed by atoms with Crippen molar-refractivity contribution in [1.29, 1.82) is 0 Å². The Balaban J connectivity index is 2.06. The molecule has 0 heterocycles. The summed E-state index contributed by atoms with van der Waals surface area (Å²) in [6.45, 7) is 3.54. The zero-order chi connectivity index (χ0) is 19.5. The van der Waals surface area contributed by atoms with E-state index < -0.39 is 23.2 Å². The number of amides is 1. The van der Waals surface area contributed by atoms with Crippen molar-refractivity contribution in [1.82, 2.24) is 5.32 Å². The number of halogens is 5. The number of benzene rings is 2. The van der Waals surface area contributed by atoms with Gasteiger partial charge in [0.25, 0.3) is 0 Å². The van der Waals surface area contributed by atoms with Gasteiger partial charge in [-0.1, -0.05) is 35.3 Å². The summed E-state index contributed by atoms with van der Waals surface area (Å²) < 4.78 is 39.2. The lowest BCUT2D eigenvalue weighted by atomic mass is 9.94. The highest BCUT2D eigenvalue weighted by Crippen LogP contribution is 2.36. The molecule has 2 aromatic carbocycles. The van der Waals surface area contributed by atoms with Gasteiger partial charge in [0.1, 0.15) is 0 Å². The summed E-state index contributed by atoms with van der Waals surface area (Å²) in [5.74, 6) is -0.597. The Kier molecular flexibility index (Phi) is 6.21. The van der Waals surface area contributed by atoms with E-state index in [1.54, 1.807) is 12.1 Å². The second kappa shape index (κ2) is 7.86. The summed E-state index contributed by atoms with van der Waals surface area (Å²) in [4.78, 5) is 12.1. The van der Waals surface area contributed by atoms with E-state index in [4.69, 9.17) is 23.2 Å². The second-order valence-corrected chi connectivity index (χ2v) is 7.09. The number of hydrogen-bond acceptors (Lipinski definition) is 2. The maximum atomic E-state index is 13.1. The van der Waals surface area contributed by atoms with Crippen molar-refractivity contribution >= 4 is 34.8 Å². The van der Waals surface area contributed by atoms with E-state index in [0.29, 0.717) is 5.02 Å². The van der Waals surface area contributed by atoms with Crippen LogP contribution in [-0.2, 0) is 16.5 Å². The molecule has 1 amide bonds. The molecule has 0 saturated heterocycles. The number of nitrogens with one attached hydrogen (secondary N) is 2. The molecule has 0 atom stereocenters. The van der Waals surface area contributed by atoms with E-state index in [2.05, 4.69) is 10.6 Å². The number of carbonyl (C=O) groups excluding carboxylic acids is 1. The van der Waals surface area contributed by atoms with Gasteiger partial charge in [0.2, 0.25) is 5.91 Å². The lowest BCUT2D eigenvalue weighted by Gasteiger charge is -2.27. The van der Waals surface area contributed by atoms with Crippen LogP contribution in [0.1, 0.15) is 25.0 Å². The topological polar surface area (TPSA) is 41.1 Å². The van der Waals surface area contributed by atoms with Gasteiger partial charge in [-0.2, -0.15) is 13.2 Å². The number of carbonyl (C=O) groups is 1. The largest absolute Gasteiger partial charge is 0.418 e. The molecule has 2 rings (SSSR count). The van der Waals surface area contributed by atoms with Crippen molar-refractivity contribution < 1.29 is 18.0 Å². The fourth-order valence-electron chi connectivity index (χ4n) is 2.32. The lowest BCUT2D eigenvalue weighted by Crippen LogP contribution is -2.41. The molecule has 140 valence electrons. The van der Waals surface area contributed by atoms with Crippen LogP contribution in [0.5, 0.6) is 0 Å². The molecule has 2 N–H and O–H groups in total. The summed E-state index contributed by atoms with van der Waals surface area (Å²) in [7, 11) is 0. The molecule has 0 saturated carbocycles. The zero-order valence-electron chi connectivity index (χ0n) is 14.0. The monoisotopic (exact) mass is 404 g/mol. The Morgan fingerprint density at radius 3 is 2.15 bits per heavy atom. The van der Waals surface area contributed by atoms with Crippen LogP contribution in [-0.4, -0.2) is 12.5 Å². The third-order valence-corrected chi connectivity index (χ3v) is 4.30. The summed E-state index contributed by atoms with van der Waals surface area (Å²) >= 11 is 11.5. The van der Waals surface area contributed by atoms with Crippen molar-refractivity contribution in [3.63, 3.8) is 0 Å². The van der Waals surface area contributed by atoms with Gasteiger partial charge in [-0.3, -0.25) is 10.1 Å². The molecule has 3 nitrogen and oxygen atoms in total. The molecular formula is C18H17Cl2F3N2O. The fraction of sp³-hybridized carbons (Fsp3) is 0.278. The number of anilines is 1. The molecule has 8 heteroatoms. The maximum absolute atomic E-state index is 13.1. The van der Waals surface area contributed by atoms with Crippen LogP contribution in [0.2, 0.25) is 10.0 Å². The average molecular weight is 405 g/mol. The molecule has 0 aliphatic carbocycles. The fourth-order valence-corrected chi connectivity index (χ4v) is 2.62. The van der Waals surface area contributed by atoms with Gasteiger partial charge in [0, 0.05) is 15.6 Å². The minimum atomic E-state index is -4.62. The highest BCUT2D eigenvalue weighted by atomic mass is 35.5. The Hall–Kier alpha value is -1.76. The van der Waals surface area contributed by atoms with Gasteiger partial charge in [0.15, 0.2) is 0 Å². The first-order valence-electron chi connectivity index (χ1n) is 7.67. The van der Waals surface area contributed by atoms with E-state index in [1.807, 2.05) is 26.0 Å². The number of alkyl halides is 3. The van der Waals surface area contributed by atoms with Crippen LogP contribution in [0.15, 0.2) is 42.5 Å². The molecule has 2 aromatic rings. The molecule has 0 aliphatic rings. The Morgan fingerprint density at radius 1 is 1.00 bits per heavy atom. The molecule has 0 bridgehead atoms. The Labute approximate surface area is 159 Å². The number of rotatable bonds is 5. The minimum Gasteiger partial charge on any atom is -0.324 e. The third-order valence-electron chi connectivity index (χ3n) is 3.82. The summed E-state index contributed by atoms with van der Waals surface area (Å²) in [5, 5.41) is 5.83. The van der Waals surface area contributed by atoms with Gasteiger partial charge in [-0.05, 0) is 49.7 Å². The third kappa shape index (κ3) is 5.37. The van der Waals surface area contributed by atoms with Crippen LogP contribution < -0.4 is 10.6 Å². The zero-order valence-corrected chi connectivity index (χ0v) is 15.6. The van der Waals surface area contributed by atoms with Crippen LogP contribution >= 0.6 is 23.2 Å². The van der Waals surface area contributed by atoms with Crippen molar-refractivity contribution in [2.45, 2.75) is 25.6 Å². The summed E-state index contributed by atoms with van der Waals surface area (Å²) in [6.07, 6.45) is -4.62. The predicted molar refractivity (Wildman–Crippen MR) is 97.6 cm³/mol. The average Bonchev–Trinajstić information content (AvgIpc) is 2.54.